The van der Waals surface area contributed by atoms with Gasteiger partial charge in [0.25, 0.3) is 0 Å². The number of hydrogen-bond acceptors (Lipinski definition) is 6. The molecule has 144 valence electrons. The average Bonchev–Trinajstić information content (AvgIpc) is 3.14. The van der Waals surface area contributed by atoms with E-state index in [1.54, 1.807) is 5.57 Å². The molecular weight excluding hydrogens is 350 g/mol. The zero-order valence-electron chi connectivity index (χ0n) is 16.1. The second-order valence-electron chi connectivity index (χ2n) is 7.06. The van der Waals surface area contributed by atoms with Crippen molar-refractivity contribution in [1.82, 2.24) is 15.1 Å². The number of nitrogens with one attached hydrogen (secondary N) is 2. The molecule has 0 radical (unpaired) electrons. The van der Waals surface area contributed by atoms with Gasteiger partial charge in [0.2, 0.25) is 0 Å². The van der Waals surface area contributed by atoms with Crippen LogP contribution in [0, 0.1) is 6.92 Å². The van der Waals surface area contributed by atoms with Crippen molar-refractivity contribution in [2.45, 2.75) is 39.0 Å². The van der Waals surface area contributed by atoms with Gasteiger partial charge >= 0.3 is 0 Å². The highest BCUT2D eigenvalue weighted by Crippen LogP contribution is 2.24. The van der Waals surface area contributed by atoms with Crippen LogP contribution in [-0.4, -0.2) is 21.7 Å². The van der Waals surface area contributed by atoms with Crippen LogP contribution in [0.4, 0.5) is 17.5 Å². The summed E-state index contributed by atoms with van der Waals surface area (Å²) in [7, 11) is 0. The third-order valence-corrected chi connectivity index (χ3v) is 4.78. The van der Waals surface area contributed by atoms with E-state index >= 15 is 0 Å². The van der Waals surface area contributed by atoms with Gasteiger partial charge < -0.3 is 15.2 Å². The van der Waals surface area contributed by atoms with Crippen molar-refractivity contribution in [2.75, 3.05) is 17.2 Å². The molecule has 1 aliphatic rings. The highest BCUT2D eigenvalue weighted by atomic mass is 16.5. The molecule has 0 saturated heterocycles. The molecule has 6 heteroatoms. The molecule has 4 rings (SSSR count). The normalized spacial score (nSPS) is 13.8. The van der Waals surface area contributed by atoms with Gasteiger partial charge in [0.1, 0.15) is 17.4 Å². The summed E-state index contributed by atoms with van der Waals surface area (Å²) in [6.07, 6.45) is 8.50. The first-order chi connectivity index (χ1) is 13.8. The summed E-state index contributed by atoms with van der Waals surface area (Å²) in [5.41, 5.74) is 2.52. The Labute approximate surface area is 165 Å². The summed E-state index contributed by atoms with van der Waals surface area (Å²) in [4.78, 5) is 9.36. The second kappa shape index (κ2) is 8.69. The quantitative estimate of drug-likeness (QED) is 0.532. The fraction of sp³-hybridized carbons (Fsp3) is 0.318. The van der Waals surface area contributed by atoms with Gasteiger partial charge in [0.15, 0.2) is 11.6 Å². The largest absolute Gasteiger partial charge is 0.370 e. The number of hydrogen-bond donors (Lipinski definition) is 2. The van der Waals surface area contributed by atoms with Crippen LogP contribution in [0.15, 0.2) is 58.6 Å². The van der Waals surface area contributed by atoms with Crippen LogP contribution in [0.25, 0.3) is 11.4 Å². The van der Waals surface area contributed by atoms with E-state index in [-0.39, 0.29) is 0 Å². The summed E-state index contributed by atoms with van der Waals surface area (Å²) in [5.74, 6) is 3.53. The maximum atomic E-state index is 5.14. The predicted molar refractivity (Wildman–Crippen MR) is 112 cm³/mol. The third-order valence-electron chi connectivity index (χ3n) is 4.78. The summed E-state index contributed by atoms with van der Waals surface area (Å²) in [5, 5.41) is 10.7. The number of benzene rings is 1. The zero-order valence-corrected chi connectivity index (χ0v) is 16.1. The van der Waals surface area contributed by atoms with Crippen LogP contribution in [0.3, 0.4) is 0 Å². The van der Waals surface area contributed by atoms with Crippen molar-refractivity contribution >= 4 is 17.5 Å². The average molecular weight is 375 g/mol. The Morgan fingerprint density at radius 1 is 1.00 bits per heavy atom. The van der Waals surface area contributed by atoms with E-state index in [9.17, 15) is 0 Å². The van der Waals surface area contributed by atoms with Crippen molar-refractivity contribution in [3.05, 3.63) is 59.9 Å². The topological polar surface area (TPSA) is 75.9 Å². The molecule has 2 heterocycles. The van der Waals surface area contributed by atoms with Crippen LogP contribution in [0.2, 0.25) is 0 Å². The second-order valence-corrected chi connectivity index (χ2v) is 7.06. The van der Waals surface area contributed by atoms with Crippen molar-refractivity contribution in [3.8, 4) is 11.4 Å². The summed E-state index contributed by atoms with van der Waals surface area (Å²) in [6.45, 7) is 2.72. The first-order valence-electron chi connectivity index (χ1n) is 9.83. The molecule has 28 heavy (non-hydrogen) atoms. The van der Waals surface area contributed by atoms with Gasteiger partial charge in [-0.2, -0.15) is 0 Å². The number of rotatable bonds is 7. The molecule has 1 aromatic carbocycles. The number of nitrogens with zero attached hydrogens (tertiary/aromatic N) is 3. The van der Waals surface area contributed by atoms with Gasteiger partial charge in [-0.15, -0.1) is 0 Å². The minimum absolute atomic E-state index is 0.633. The highest BCUT2D eigenvalue weighted by molar-refractivity contribution is 5.63. The summed E-state index contributed by atoms with van der Waals surface area (Å²) < 4.78 is 5.14. The molecule has 0 atom stereocenters. The minimum atomic E-state index is 0.633. The number of anilines is 3. The van der Waals surface area contributed by atoms with E-state index in [0.29, 0.717) is 17.5 Å². The van der Waals surface area contributed by atoms with Crippen molar-refractivity contribution in [2.24, 2.45) is 0 Å². The van der Waals surface area contributed by atoms with Crippen LogP contribution >= 0.6 is 0 Å². The SMILES string of the molecule is Cc1cc(Nc2cc(NCCC3=CCCCC3)nc(-c3ccccc3)n2)no1. The van der Waals surface area contributed by atoms with Gasteiger partial charge in [0, 0.05) is 24.2 Å². The van der Waals surface area contributed by atoms with Gasteiger partial charge in [-0.05, 0) is 39.0 Å². The first kappa shape index (κ1) is 18.2. The molecule has 0 spiro atoms. The number of aryl methyl sites for hydroxylation is 1. The lowest BCUT2D eigenvalue weighted by Crippen LogP contribution is -2.08. The molecule has 0 unspecified atom stereocenters. The summed E-state index contributed by atoms with van der Waals surface area (Å²) in [6, 6.07) is 13.7. The standard InChI is InChI=1S/C22H25N5O/c1-16-14-21(27-28-16)24-20-15-19(23-13-12-17-8-4-2-5-9-17)25-22(26-20)18-10-6-3-7-11-18/h3,6-8,10-11,14-15H,2,4-5,9,12-13H2,1H3,(H2,23,24,25,26,27). The molecule has 0 saturated carbocycles. The lowest BCUT2D eigenvalue weighted by atomic mass is 9.97. The van der Waals surface area contributed by atoms with Crippen LogP contribution in [0.5, 0.6) is 0 Å². The Morgan fingerprint density at radius 2 is 1.86 bits per heavy atom. The Hall–Kier alpha value is -3.15. The van der Waals surface area contributed by atoms with E-state index in [2.05, 4.69) is 26.9 Å². The maximum absolute atomic E-state index is 5.14. The van der Waals surface area contributed by atoms with Crippen molar-refractivity contribution in [1.29, 1.82) is 0 Å². The third kappa shape index (κ3) is 4.76. The molecule has 6 nitrogen and oxygen atoms in total. The van der Waals surface area contributed by atoms with Crippen LogP contribution < -0.4 is 10.6 Å². The van der Waals surface area contributed by atoms with Crippen LogP contribution in [-0.2, 0) is 0 Å². The van der Waals surface area contributed by atoms with Crippen molar-refractivity contribution < 1.29 is 4.52 Å². The molecule has 3 aromatic rings. The van der Waals surface area contributed by atoms with Crippen LogP contribution in [0.1, 0.15) is 37.9 Å². The molecule has 0 fully saturated rings. The van der Waals surface area contributed by atoms with E-state index in [1.807, 2.05) is 49.4 Å². The van der Waals surface area contributed by atoms with E-state index < -0.39 is 0 Å². The molecular formula is C22H25N5O. The Bertz CT molecular complexity index is 949. The molecule has 0 bridgehead atoms. The van der Waals surface area contributed by atoms with Gasteiger partial charge in [-0.25, -0.2) is 9.97 Å². The molecule has 0 amide bonds. The van der Waals surface area contributed by atoms with Gasteiger partial charge in [0.05, 0.1) is 0 Å². The highest BCUT2D eigenvalue weighted by Gasteiger charge is 2.10. The smallest absolute Gasteiger partial charge is 0.175 e. The predicted octanol–water partition coefficient (Wildman–Crippen LogP) is 5.49. The van der Waals surface area contributed by atoms with Gasteiger partial charge in [-0.1, -0.05) is 47.1 Å². The molecule has 2 aromatic heterocycles. The van der Waals surface area contributed by atoms with E-state index in [1.165, 1.54) is 25.7 Å². The number of allylic oxidation sites excluding steroid dienone is 1. The summed E-state index contributed by atoms with van der Waals surface area (Å²) >= 11 is 0. The molecule has 2 N–H and O–H groups in total. The Kier molecular flexibility index (Phi) is 5.66. The number of aromatic nitrogens is 3. The van der Waals surface area contributed by atoms with E-state index in [0.717, 1.165) is 30.1 Å². The lowest BCUT2D eigenvalue weighted by molar-refractivity contribution is 0.400. The maximum Gasteiger partial charge on any atom is 0.175 e. The van der Waals surface area contributed by atoms with E-state index in [4.69, 9.17) is 9.51 Å². The lowest BCUT2D eigenvalue weighted by Gasteiger charge is -2.14. The van der Waals surface area contributed by atoms with Gasteiger partial charge in [-0.3, -0.25) is 0 Å². The Morgan fingerprint density at radius 3 is 2.61 bits per heavy atom. The molecule has 1 aliphatic carbocycles. The monoisotopic (exact) mass is 375 g/mol. The molecule has 0 aliphatic heterocycles. The van der Waals surface area contributed by atoms with Crippen molar-refractivity contribution in [3.63, 3.8) is 0 Å². The minimum Gasteiger partial charge on any atom is -0.370 e. The Balaban J connectivity index is 1.53. The zero-order chi connectivity index (χ0) is 19.2. The fourth-order valence-corrected chi connectivity index (χ4v) is 3.36. The fourth-order valence-electron chi connectivity index (χ4n) is 3.36. The first-order valence-corrected chi connectivity index (χ1v) is 9.83.